The molecular formula is C22H25F3N2O3. The van der Waals surface area contributed by atoms with Crippen molar-refractivity contribution in [1.29, 1.82) is 0 Å². The highest BCUT2D eigenvalue weighted by Crippen LogP contribution is 2.30. The lowest BCUT2D eigenvalue weighted by Crippen LogP contribution is -2.35. The maximum Gasteiger partial charge on any atom is 0.573 e. The summed E-state index contributed by atoms with van der Waals surface area (Å²) in [7, 11) is 0. The molecule has 5 nitrogen and oxygen atoms in total. The molecule has 162 valence electrons. The summed E-state index contributed by atoms with van der Waals surface area (Å²) in [4.78, 5) is 14.0. The van der Waals surface area contributed by atoms with E-state index in [-0.39, 0.29) is 24.2 Å². The first-order valence-corrected chi connectivity index (χ1v) is 9.94. The van der Waals surface area contributed by atoms with Crippen LogP contribution in [-0.4, -0.2) is 42.9 Å². The number of carbonyl (C=O) groups is 1. The monoisotopic (exact) mass is 422 g/mol. The van der Waals surface area contributed by atoms with Crippen LogP contribution in [0.4, 0.5) is 13.2 Å². The van der Waals surface area contributed by atoms with Crippen LogP contribution in [0, 0.1) is 0 Å². The Morgan fingerprint density at radius 3 is 2.53 bits per heavy atom. The van der Waals surface area contributed by atoms with Crippen LogP contribution in [0.3, 0.4) is 0 Å². The molecule has 1 unspecified atom stereocenters. The Hall–Kier alpha value is -2.74. The van der Waals surface area contributed by atoms with Crippen LogP contribution in [0.2, 0.25) is 0 Å². The first kappa shape index (κ1) is 22.0. The van der Waals surface area contributed by atoms with Crippen molar-refractivity contribution in [2.75, 3.05) is 19.7 Å². The van der Waals surface area contributed by atoms with E-state index in [1.54, 1.807) is 17.0 Å². The van der Waals surface area contributed by atoms with Gasteiger partial charge in [-0.15, -0.1) is 13.2 Å². The summed E-state index contributed by atoms with van der Waals surface area (Å²) in [6.45, 7) is 1.98. The number of nitrogens with one attached hydrogen (secondary N) is 1. The lowest BCUT2D eigenvalue weighted by molar-refractivity contribution is -0.275. The van der Waals surface area contributed by atoms with Crippen LogP contribution in [0.25, 0.3) is 0 Å². The average molecular weight is 422 g/mol. The summed E-state index contributed by atoms with van der Waals surface area (Å²) in [5.41, 5.74) is 0.347. The standard InChI is InChI=1S/C22H25F3N2O3/c23-22(24,25)30-20-9-5-4-6-17(20)16-27-18(10-11-21(27)28)12-13-26-14-15-29-19-7-2-1-3-8-19/h1-9,18,26H,10-16H2. The molecule has 1 atom stereocenters. The van der Waals surface area contributed by atoms with Crippen LogP contribution in [-0.2, 0) is 11.3 Å². The summed E-state index contributed by atoms with van der Waals surface area (Å²) >= 11 is 0. The summed E-state index contributed by atoms with van der Waals surface area (Å²) in [6.07, 6.45) is -2.94. The molecule has 30 heavy (non-hydrogen) atoms. The molecule has 0 radical (unpaired) electrons. The molecule has 3 rings (SSSR count). The van der Waals surface area contributed by atoms with Gasteiger partial charge >= 0.3 is 6.36 Å². The molecule has 1 aliphatic rings. The zero-order valence-electron chi connectivity index (χ0n) is 16.5. The number of alkyl halides is 3. The van der Waals surface area contributed by atoms with Gasteiger partial charge in [-0.05, 0) is 37.6 Å². The Morgan fingerprint density at radius 2 is 1.77 bits per heavy atom. The molecule has 1 saturated heterocycles. The first-order chi connectivity index (χ1) is 14.4. The number of benzene rings is 2. The maximum atomic E-state index is 12.6. The van der Waals surface area contributed by atoms with Crippen LogP contribution < -0.4 is 14.8 Å². The van der Waals surface area contributed by atoms with Gasteiger partial charge in [0.25, 0.3) is 0 Å². The quantitative estimate of drug-likeness (QED) is 0.585. The molecule has 1 aliphatic heterocycles. The van der Waals surface area contributed by atoms with Crippen LogP contribution in [0.15, 0.2) is 54.6 Å². The highest BCUT2D eigenvalue weighted by atomic mass is 19.4. The number of para-hydroxylation sites is 2. The molecule has 0 bridgehead atoms. The molecule has 0 spiro atoms. The number of hydrogen-bond acceptors (Lipinski definition) is 4. The molecular weight excluding hydrogens is 397 g/mol. The number of ether oxygens (including phenoxy) is 2. The van der Waals surface area contributed by atoms with Crippen molar-refractivity contribution in [3.05, 3.63) is 60.2 Å². The molecule has 1 amide bonds. The molecule has 0 aliphatic carbocycles. The second-order valence-corrected chi connectivity index (χ2v) is 7.07. The molecule has 0 saturated carbocycles. The molecule has 1 N–H and O–H groups in total. The zero-order chi connectivity index (χ0) is 21.4. The number of rotatable bonds is 10. The van der Waals surface area contributed by atoms with E-state index < -0.39 is 6.36 Å². The predicted molar refractivity (Wildman–Crippen MR) is 106 cm³/mol. The maximum absolute atomic E-state index is 12.6. The SMILES string of the molecule is O=C1CCC(CCNCCOc2ccccc2)N1Cc1ccccc1OC(F)(F)F. The normalized spacial score (nSPS) is 16.7. The Labute approximate surface area is 173 Å². The zero-order valence-corrected chi connectivity index (χ0v) is 16.5. The van der Waals surface area contributed by atoms with Crippen molar-refractivity contribution in [3.63, 3.8) is 0 Å². The minimum Gasteiger partial charge on any atom is -0.492 e. The average Bonchev–Trinajstić information content (AvgIpc) is 3.05. The lowest BCUT2D eigenvalue weighted by atomic mass is 10.1. The summed E-state index contributed by atoms with van der Waals surface area (Å²) in [5, 5.41) is 3.29. The Morgan fingerprint density at radius 1 is 1.03 bits per heavy atom. The van der Waals surface area contributed by atoms with E-state index in [0.717, 1.165) is 12.2 Å². The van der Waals surface area contributed by atoms with E-state index in [1.807, 2.05) is 30.3 Å². The highest BCUT2D eigenvalue weighted by Gasteiger charge is 2.34. The van der Waals surface area contributed by atoms with Crippen LogP contribution >= 0.6 is 0 Å². The third-order valence-electron chi connectivity index (χ3n) is 4.94. The molecule has 1 heterocycles. The Bertz CT molecular complexity index is 815. The number of likely N-dealkylation sites (tertiary alicyclic amines) is 1. The van der Waals surface area contributed by atoms with E-state index in [9.17, 15) is 18.0 Å². The molecule has 1 fully saturated rings. The number of hydrogen-bond donors (Lipinski definition) is 1. The lowest BCUT2D eigenvalue weighted by Gasteiger charge is -2.26. The summed E-state index contributed by atoms with van der Waals surface area (Å²) < 4.78 is 47.7. The van der Waals surface area contributed by atoms with Crippen LogP contribution in [0.5, 0.6) is 11.5 Å². The van der Waals surface area contributed by atoms with Gasteiger partial charge in [-0.3, -0.25) is 4.79 Å². The molecule has 0 aromatic heterocycles. The smallest absolute Gasteiger partial charge is 0.492 e. The number of amides is 1. The van der Waals surface area contributed by atoms with Crippen molar-refractivity contribution in [1.82, 2.24) is 10.2 Å². The fourth-order valence-electron chi connectivity index (χ4n) is 3.50. The van der Waals surface area contributed by atoms with E-state index >= 15 is 0 Å². The van der Waals surface area contributed by atoms with E-state index in [1.165, 1.54) is 12.1 Å². The largest absolute Gasteiger partial charge is 0.573 e. The fourth-order valence-corrected chi connectivity index (χ4v) is 3.50. The van der Waals surface area contributed by atoms with E-state index in [2.05, 4.69) is 10.1 Å². The molecule has 2 aromatic carbocycles. The predicted octanol–water partition coefficient (Wildman–Crippen LogP) is 4.13. The van der Waals surface area contributed by atoms with Crippen molar-refractivity contribution in [3.8, 4) is 11.5 Å². The number of halogens is 3. The minimum atomic E-state index is -4.77. The van der Waals surface area contributed by atoms with Gasteiger partial charge in [-0.2, -0.15) is 0 Å². The van der Waals surface area contributed by atoms with Gasteiger partial charge in [0.15, 0.2) is 0 Å². The van der Waals surface area contributed by atoms with Gasteiger partial charge in [-0.25, -0.2) is 0 Å². The van der Waals surface area contributed by atoms with Crippen LogP contribution in [0.1, 0.15) is 24.8 Å². The van der Waals surface area contributed by atoms with Crippen molar-refractivity contribution >= 4 is 5.91 Å². The Kier molecular flexibility index (Phi) is 7.57. The van der Waals surface area contributed by atoms with Gasteiger partial charge < -0.3 is 19.7 Å². The van der Waals surface area contributed by atoms with Gasteiger partial charge in [0.05, 0.1) is 0 Å². The van der Waals surface area contributed by atoms with E-state index in [4.69, 9.17) is 4.74 Å². The third kappa shape index (κ3) is 6.66. The van der Waals surface area contributed by atoms with Gasteiger partial charge in [0.2, 0.25) is 5.91 Å². The van der Waals surface area contributed by atoms with E-state index in [0.29, 0.717) is 38.1 Å². The second kappa shape index (κ2) is 10.3. The van der Waals surface area contributed by atoms with Crippen molar-refractivity contribution in [2.24, 2.45) is 0 Å². The molecule has 8 heteroatoms. The number of carbonyl (C=O) groups excluding carboxylic acids is 1. The summed E-state index contributed by atoms with van der Waals surface area (Å²) in [5.74, 6) is 0.500. The Balaban J connectivity index is 1.47. The summed E-state index contributed by atoms with van der Waals surface area (Å²) in [6, 6.07) is 15.5. The number of nitrogens with zero attached hydrogens (tertiary/aromatic N) is 1. The second-order valence-electron chi connectivity index (χ2n) is 7.07. The first-order valence-electron chi connectivity index (χ1n) is 9.94. The van der Waals surface area contributed by atoms with Gasteiger partial charge in [0, 0.05) is 31.1 Å². The third-order valence-corrected chi connectivity index (χ3v) is 4.94. The van der Waals surface area contributed by atoms with Crippen molar-refractivity contribution < 1.29 is 27.4 Å². The van der Waals surface area contributed by atoms with Gasteiger partial charge in [0.1, 0.15) is 18.1 Å². The highest BCUT2D eigenvalue weighted by molar-refractivity contribution is 5.78. The van der Waals surface area contributed by atoms with Gasteiger partial charge in [-0.1, -0.05) is 36.4 Å². The van der Waals surface area contributed by atoms with Crippen molar-refractivity contribution in [2.45, 2.75) is 38.2 Å². The molecule has 2 aromatic rings. The topological polar surface area (TPSA) is 50.8 Å². The fraction of sp³-hybridized carbons (Fsp3) is 0.409. The minimum absolute atomic E-state index is 0.0148.